The number of unbranched alkanes of at least 4 members (excludes halogenated alkanes) is 1. The van der Waals surface area contributed by atoms with Crippen molar-refractivity contribution in [2.75, 3.05) is 6.54 Å². The van der Waals surface area contributed by atoms with Gasteiger partial charge in [-0.2, -0.15) is 0 Å². The lowest BCUT2D eigenvalue weighted by molar-refractivity contribution is -0.120. The van der Waals surface area contributed by atoms with Gasteiger partial charge in [0.1, 0.15) is 5.78 Å². The van der Waals surface area contributed by atoms with Crippen LogP contribution in [0, 0.1) is 0 Å². The Balaban J connectivity index is 2.23. The van der Waals surface area contributed by atoms with Crippen LogP contribution in [0.25, 0.3) is 0 Å². The Morgan fingerprint density at radius 1 is 1.14 bits per heavy atom. The maximum Gasteiger partial charge on any atom is 0.251 e. The number of carbonyl (C=O) groups excluding carboxylic acids is 2. The number of amides is 1. The average Bonchev–Trinajstić information content (AvgIpc) is 2.53. The van der Waals surface area contributed by atoms with Gasteiger partial charge in [0.25, 0.3) is 5.91 Å². The number of Topliss-reactive ketones (excluding diaryl/α,β-unsaturated/α-hetero) is 1. The number of nitrogens with one attached hydrogen (secondary N) is 1. The minimum atomic E-state index is -0.354. The van der Waals surface area contributed by atoms with Crippen LogP contribution in [0.2, 0.25) is 0 Å². The normalized spacial score (nSPS) is 12.0. The van der Waals surface area contributed by atoms with E-state index < -0.39 is 0 Å². The van der Waals surface area contributed by atoms with Crippen molar-refractivity contribution >= 4 is 11.7 Å². The average molecular weight is 290 g/mol. The van der Waals surface area contributed by atoms with Gasteiger partial charge in [0.15, 0.2) is 0 Å². The number of ketones is 1. The molecule has 1 aromatic carbocycles. The number of carbonyl (C=O) groups is 2. The number of benzene rings is 1. The first-order chi connectivity index (χ1) is 10.1. The monoisotopic (exact) mass is 290 g/mol. The van der Waals surface area contributed by atoms with E-state index in [0.29, 0.717) is 24.9 Å². The summed E-state index contributed by atoms with van der Waals surface area (Å²) in [5.74, 6) is 0.0571. The number of rotatable bonds is 9. The number of hydrogen-bond donors (Lipinski definition) is 2. The number of nitrogens with two attached hydrogens (primary N) is 1. The summed E-state index contributed by atoms with van der Waals surface area (Å²) in [4.78, 5) is 23.2. The Labute approximate surface area is 127 Å². The smallest absolute Gasteiger partial charge is 0.251 e. The Bertz CT molecular complexity index is 454. The largest absolute Gasteiger partial charge is 0.352 e. The van der Waals surface area contributed by atoms with Gasteiger partial charge < -0.3 is 11.1 Å². The van der Waals surface area contributed by atoms with Gasteiger partial charge in [0.05, 0.1) is 6.04 Å². The van der Waals surface area contributed by atoms with Crippen LogP contribution in [-0.4, -0.2) is 24.3 Å². The molecule has 0 aliphatic carbocycles. The van der Waals surface area contributed by atoms with E-state index in [4.69, 9.17) is 5.73 Å². The van der Waals surface area contributed by atoms with Crippen molar-refractivity contribution in [3.63, 3.8) is 0 Å². The van der Waals surface area contributed by atoms with E-state index in [9.17, 15) is 9.59 Å². The lowest BCUT2D eigenvalue weighted by Gasteiger charge is -2.09. The topological polar surface area (TPSA) is 72.2 Å². The summed E-state index contributed by atoms with van der Waals surface area (Å²) in [5, 5.41) is 2.89. The van der Waals surface area contributed by atoms with E-state index in [1.54, 1.807) is 0 Å². The van der Waals surface area contributed by atoms with Crippen molar-refractivity contribution in [1.82, 2.24) is 5.32 Å². The van der Waals surface area contributed by atoms with Gasteiger partial charge in [-0.1, -0.05) is 26.0 Å². The van der Waals surface area contributed by atoms with Crippen molar-refractivity contribution in [3.05, 3.63) is 35.4 Å². The molecular weight excluding hydrogens is 264 g/mol. The molecule has 4 heteroatoms. The molecule has 1 atom stereocenters. The van der Waals surface area contributed by atoms with Gasteiger partial charge in [0.2, 0.25) is 0 Å². The van der Waals surface area contributed by atoms with Crippen molar-refractivity contribution in [3.8, 4) is 0 Å². The predicted octanol–water partition coefficient (Wildman–Crippen LogP) is 2.46. The van der Waals surface area contributed by atoms with E-state index in [1.165, 1.54) is 5.56 Å². The molecule has 0 radical (unpaired) electrons. The van der Waals surface area contributed by atoms with Gasteiger partial charge in [-0.05, 0) is 43.4 Å². The molecule has 1 rings (SSSR count). The van der Waals surface area contributed by atoms with Gasteiger partial charge in [0, 0.05) is 18.5 Å². The van der Waals surface area contributed by atoms with Crippen LogP contribution in [0.15, 0.2) is 24.3 Å². The molecule has 0 bridgehead atoms. The summed E-state index contributed by atoms with van der Waals surface area (Å²) in [6.45, 7) is 4.52. The molecule has 1 amide bonds. The third kappa shape index (κ3) is 6.08. The summed E-state index contributed by atoms with van der Waals surface area (Å²) in [6, 6.07) is 7.30. The zero-order chi connectivity index (χ0) is 15.7. The molecule has 1 aromatic rings. The first-order valence-corrected chi connectivity index (χ1v) is 7.73. The second-order valence-corrected chi connectivity index (χ2v) is 5.23. The Kier molecular flexibility index (Phi) is 7.69. The van der Waals surface area contributed by atoms with E-state index in [0.717, 1.165) is 19.3 Å². The highest BCUT2D eigenvalue weighted by molar-refractivity contribution is 5.94. The minimum absolute atomic E-state index is 0.0495. The third-order valence-electron chi connectivity index (χ3n) is 3.61. The standard InChI is InChI=1S/C17H26N2O2/c1-3-13-8-10-14(11-9-13)17(21)19-12-6-5-7-15(18)16(20)4-2/h8-11,15H,3-7,12,18H2,1-2H3,(H,19,21). The Morgan fingerprint density at radius 3 is 2.38 bits per heavy atom. The quantitative estimate of drug-likeness (QED) is 0.686. The summed E-state index contributed by atoms with van der Waals surface area (Å²) < 4.78 is 0. The van der Waals surface area contributed by atoms with Crippen molar-refractivity contribution in [1.29, 1.82) is 0 Å². The van der Waals surface area contributed by atoms with E-state index in [-0.39, 0.29) is 17.7 Å². The predicted molar refractivity (Wildman–Crippen MR) is 85.3 cm³/mol. The summed E-state index contributed by atoms with van der Waals surface area (Å²) in [6.07, 6.45) is 3.84. The SMILES string of the molecule is CCC(=O)C(N)CCCCNC(=O)c1ccc(CC)cc1. The summed E-state index contributed by atoms with van der Waals surface area (Å²) in [5.41, 5.74) is 7.66. The first-order valence-electron chi connectivity index (χ1n) is 7.73. The van der Waals surface area contributed by atoms with Crippen LogP contribution < -0.4 is 11.1 Å². The maximum atomic E-state index is 11.9. The second kappa shape index (κ2) is 9.29. The summed E-state index contributed by atoms with van der Waals surface area (Å²) in [7, 11) is 0. The van der Waals surface area contributed by atoms with Gasteiger partial charge >= 0.3 is 0 Å². The van der Waals surface area contributed by atoms with Gasteiger partial charge in [-0.25, -0.2) is 0 Å². The minimum Gasteiger partial charge on any atom is -0.352 e. The lowest BCUT2D eigenvalue weighted by atomic mass is 10.0. The molecule has 0 fully saturated rings. The van der Waals surface area contributed by atoms with Crippen molar-refractivity contribution in [2.24, 2.45) is 5.73 Å². The number of hydrogen-bond acceptors (Lipinski definition) is 3. The van der Waals surface area contributed by atoms with Crippen LogP contribution in [0.1, 0.15) is 55.5 Å². The molecule has 4 nitrogen and oxygen atoms in total. The van der Waals surface area contributed by atoms with Gasteiger partial charge in [-0.3, -0.25) is 9.59 Å². The molecule has 0 aliphatic rings. The highest BCUT2D eigenvalue weighted by Gasteiger charge is 2.10. The molecule has 0 heterocycles. The molecule has 0 aromatic heterocycles. The van der Waals surface area contributed by atoms with Crippen molar-refractivity contribution < 1.29 is 9.59 Å². The fourth-order valence-corrected chi connectivity index (χ4v) is 2.11. The zero-order valence-electron chi connectivity index (χ0n) is 13.0. The van der Waals surface area contributed by atoms with Crippen molar-refractivity contribution in [2.45, 2.75) is 52.0 Å². The van der Waals surface area contributed by atoms with Crippen LogP contribution >= 0.6 is 0 Å². The molecule has 3 N–H and O–H groups in total. The first kappa shape index (κ1) is 17.4. The van der Waals surface area contributed by atoms with E-state index in [2.05, 4.69) is 12.2 Å². The van der Waals surface area contributed by atoms with Gasteiger partial charge in [-0.15, -0.1) is 0 Å². The molecule has 0 aliphatic heterocycles. The fourth-order valence-electron chi connectivity index (χ4n) is 2.11. The van der Waals surface area contributed by atoms with E-state index in [1.807, 2.05) is 31.2 Å². The molecule has 21 heavy (non-hydrogen) atoms. The highest BCUT2D eigenvalue weighted by atomic mass is 16.1. The van der Waals surface area contributed by atoms with Crippen LogP contribution in [0.3, 0.4) is 0 Å². The Morgan fingerprint density at radius 2 is 1.81 bits per heavy atom. The van der Waals surface area contributed by atoms with E-state index >= 15 is 0 Å². The van der Waals surface area contributed by atoms with Crippen LogP contribution in [0.5, 0.6) is 0 Å². The molecule has 116 valence electrons. The highest BCUT2D eigenvalue weighted by Crippen LogP contribution is 2.05. The Hall–Kier alpha value is -1.68. The lowest BCUT2D eigenvalue weighted by Crippen LogP contribution is -2.30. The molecular formula is C17H26N2O2. The third-order valence-corrected chi connectivity index (χ3v) is 3.61. The zero-order valence-corrected chi connectivity index (χ0v) is 13.0. The molecule has 0 spiro atoms. The van der Waals surface area contributed by atoms with Crippen LogP contribution in [-0.2, 0) is 11.2 Å². The fraction of sp³-hybridized carbons (Fsp3) is 0.529. The molecule has 0 saturated heterocycles. The summed E-state index contributed by atoms with van der Waals surface area (Å²) >= 11 is 0. The molecule has 0 saturated carbocycles. The second-order valence-electron chi connectivity index (χ2n) is 5.23. The number of aryl methyl sites for hydroxylation is 1. The maximum absolute atomic E-state index is 11.9. The molecule has 1 unspecified atom stereocenters. The van der Waals surface area contributed by atoms with Crippen LogP contribution in [0.4, 0.5) is 0 Å².